The summed E-state index contributed by atoms with van der Waals surface area (Å²) in [6.45, 7) is 3.65. The van der Waals surface area contributed by atoms with Crippen molar-refractivity contribution < 1.29 is 17.9 Å². The Morgan fingerprint density at radius 3 is 2.30 bits per heavy atom. The average molecular weight is 302 g/mol. The molecule has 1 atom stereocenters. The molecule has 0 radical (unpaired) electrons. The van der Waals surface area contributed by atoms with Crippen LogP contribution in [0.4, 0.5) is 5.69 Å². The second-order valence-electron chi connectivity index (χ2n) is 4.46. The van der Waals surface area contributed by atoms with Crippen LogP contribution >= 0.6 is 0 Å². The Morgan fingerprint density at radius 2 is 1.80 bits per heavy atom. The molecule has 1 unspecified atom stereocenters. The SMILES string of the molecule is CNS(=O)(=O)c1cc(NC(C)C(OC)OC)ccc1C. The third-order valence-corrected chi connectivity index (χ3v) is 4.57. The Bertz CT molecular complexity index is 541. The lowest BCUT2D eigenvalue weighted by Crippen LogP contribution is -2.33. The lowest BCUT2D eigenvalue weighted by molar-refractivity contribution is -0.109. The van der Waals surface area contributed by atoms with Crippen molar-refractivity contribution in [3.8, 4) is 0 Å². The number of anilines is 1. The fourth-order valence-electron chi connectivity index (χ4n) is 1.92. The summed E-state index contributed by atoms with van der Waals surface area (Å²) in [6, 6.07) is 5.05. The predicted octanol–water partition coefficient (Wildman–Crippen LogP) is 1.32. The van der Waals surface area contributed by atoms with Gasteiger partial charge in [0.1, 0.15) is 0 Å². The van der Waals surface area contributed by atoms with E-state index in [-0.39, 0.29) is 10.9 Å². The van der Waals surface area contributed by atoms with Gasteiger partial charge in [-0.15, -0.1) is 0 Å². The van der Waals surface area contributed by atoms with Crippen molar-refractivity contribution in [2.24, 2.45) is 0 Å². The summed E-state index contributed by atoms with van der Waals surface area (Å²) in [5.74, 6) is 0. The molecule has 6 nitrogen and oxygen atoms in total. The number of benzene rings is 1. The molecule has 0 aliphatic heterocycles. The molecule has 1 rings (SSSR count). The van der Waals surface area contributed by atoms with Crippen LogP contribution in [0.3, 0.4) is 0 Å². The number of methoxy groups -OCH3 is 2. The van der Waals surface area contributed by atoms with Crippen molar-refractivity contribution >= 4 is 15.7 Å². The third-order valence-electron chi connectivity index (χ3n) is 3.01. The first-order valence-corrected chi connectivity index (χ1v) is 7.70. The van der Waals surface area contributed by atoms with E-state index in [1.807, 2.05) is 13.0 Å². The van der Waals surface area contributed by atoms with Crippen LogP contribution in [0, 0.1) is 6.92 Å². The number of aryl methyl sites for hydroxylation is 1. The van der Waals surface area contributed by atoms with Crippen molar-refractivity contribution in [3.05, 3.63) is 23.8 Å². The van der Waals surface area contributed by atoms with Crippen LogP contribution in [0.2, 0.25) is 0 Å². The van der Waals surface area contributed by atoms with E-state index in [1.54, 1.807) is 33.3 Å². The summed E-state index contributed by atoms with van der Waals surface area (Å²) in [6.07, 6.45) is -0.416. The van der Waals surface area contributed by atoms with Gasteiger partial charge in [0.25, 0.3) is 0 Å². The Morgan fingerprint density at radius 1 is 1.20 bits per heavy atom. The maximum Gasteiger partial charge on any atom is 0.240 e. The first-order valence-electron chi connectivity index (χ1n) is 6.22. The first kappa shape index (κ1) is 16.9. The molecule has 1 aromatic rings. The highest BCUT2D eigenvalue weighted by Gasteiger charge is 2.18. The number of hydrogen-bond acceptors (Lipinski definition) is 5. The fraction of sp³-hybridized carbons (Fsp3) is 0.538. The van der Waals surface area contributed by atoms with Crippen LogP contribution in [0.1, 0.15) is 12.5 Å². The van der Waals surface area contributed by atoms with E-state index in [2.05, 4.69) is 10.0 Å². The Labute approximate surface area is 120 Å². The zero-order valence-electron chi connectivity index (χ0n) is 12.4. The van der Waals surface area contributed by atoms with Gasteiger partial charge in [-0.25, -0.2) is 13.1 Å². The van der Waals surface area contributed by atoms with Crippen molar-refractivity contribution in [1.29, 1.82) is 0 Å². The zero-order valence-corrected chi connectivity index (χ0v) is 13.2. The molecule has 0 aromatic heterocycles. The van der Waals surface area contributed by atoms with Gasteiger partial charge >= 0.3 is 0 Å². The molecule has 0 saturated heterocycles. The van der Waals surface area contributed by atoms with E-state index in [4.69, 9.17) is 9.47 Å². The van der Waals surface area contributed by atoms with E-state index in [1.165, 1.54) is 7.05 Å². The minimum atomic E-state index is -3.47. The number of nitrogens with one attached hydrogen (secondary N) is 2. The first-order chi connectivity index (χ1) is 9.35. The fourth-order valence-corrected chi connectivity index (χ4v) is 2.92. The molecular weight excluding hydrogens is 280 g/mol. The molecule has 114 valence electrons. The van der Waals surface area contributed by atoms with E-state index in [0.717, 1.165) is 0 Å². The number of ether oxygens (including phenoxy) is 2. The maximum absolute atomic E-state index is 11.9. The molecule has 2 N–H and O–H groups in total. The second-order valence-corrected chi connectivity index (χ2v) is 6.32. The normalized spacial score (nSPS) is 13.5. The molecule has 0 spiro atoms. The summed E-state index contributed by atoms with van der Waals surface area (Å²) in [5, 5.41) is 3.17. The molecule has 0 bridgehead atoms. The number of hydrogen-bond donors (Lipinski definition) is 2. The molecule has 20 heavy (non-hydrogen) atoms. The van der Waals surface area contributed by atoms with Crippen LogP contribution in [-0.4, -0.2) is 42.0 Å². The highest BCUT2D eigenvalue weighted by molar-refractivity contribution is 7.89. The standard InChI is InChI=1S/C13H22N2O4S/c1-9-6-7-11(8-12(9)20(16,17)14-3)15-10(2)13(18-4)19-5/h6-8,10,13-15H,1-5H3. The zero-order chi connectivity index (χ0) is 15.3. The summed E-state index contributed by atoms with van der Waals surface area (Å²) in [5.41, 5.74) is 1.38. The Balaban J connectivity index is 3.02. The monoisotopic (exact) mass is 302 g/mol. The maximum atomic E-state index is 11.9. The van der Waals surface area contributed by atoms with Gasteiger partial charge in [0.15, 0.2) is 6.29 Å². The number of rotatable bonds is 7. The summed E-state index contributed by atoms with van der Waals surface area (Å²) >= 11 is 0. The lowest BCUT2D eigenvalue weighted by atomic mass is 10.2. The highest BCUT2D eigenvalue weighted by atomic mass is 32.2. The van der Waals surface area contributed by atoms with Gasteiger partial charge in [0.2, 0.25) is 10.0 Å². The van der Waals surface area contributed by atoms with Crippen LogP contribution in [0.25, 0.3) is 0 Å². The molecule has 0 saturated carbocycles. The van der Waals surface area contributed by atoms with Crippen LogP contribution in [0.15, 0.2) is 23.1 Å². The van der Waals surface area contributed by atoms with Crippen molar-refractivity contribution in [2.75, 3.05) is 26.6 Å². The molecule has 0 heterocycles. The molecule has 0 aliphatic rings. The van der Waals surface area contributed by atoms with Gasteiger partial charge in [-0.05, 0) is 38.6 Å². The van der Waals surface area contributed by atoms with Crippen LogP contribution in [0.5, 0.6) is 0 Å². The largest absolute Gasteiger partial charge is 0.377 e. The molecule has 0 amide bonds. The predicted molar refractivity (Wildman–Crippen MR) is 78.3 cm³/mol. The summed E-state index contributed by atoms with van der Waals surface area (Å²) in [4.78, 5) is 0.253. The van der Waals surface area contributed by atoms with Crippen LogP contribution in [-0.2, 0) is 19.5 Å². The molecular formula is C13H22N2O4S. The summed E-state index contributed by atoms with van der Waals surface area (Å²) in [7, 11) is 1.03. The topological polar surface area (TPSA) is 76.7 Å². The quantitative estimate of drug-likeness (QED) is 0.743. The minimum absolute atomic E-state index is 0.127. The van der Waals surface area contributed by atoms with Crippen molar-refractivity contribution in [3.63, 3.8) is 0 Å². The van der Waals surface area contributed by atoms with Gasteiger partial charge in [-0.1, -0.05) is 6.07 Å². The second kappa shape index (κ2) is 7.03. The van der Waals surface area contributed by atoms with Crippen molar-refractivity contribution in [1.82, 2.24) is 4.72 Å². The van der Waals surface area contributed by atoms with Gasteiger partial charge in [0.05, 0.1) is 10.9 Å². The van der Waals surface area contributed by atoms with Crippen molar-refractivity contribution in [2.45, 2.75) is 31.1 Å². The van der Waals surface area contributed by atoms with Gasteiger partial charge < -0.3 is 14.8 Å². The molecule has 1 aromatic carbocycles. The van der Waals surface area contributed by atoms with Gasteiger partial charge in [-0.3, -0.25) is 0 Å². The molecule has 7 heteroatoms. The smallest absolute Gasteiger partial charge is 0.240 e. The minimum Gasteiger partial charge on any atom is -0.377 e. The lowest BCUT2D eigenvalue weighted by Gasteiger charge is -2.23. The van der Waals surface area contributed by atoms with Gasteiger partial charge in [-0.2, -0.15) is 0 Å². The Hall–Kier alpha value is -1.15. The molecule has 0 fully saturated rings. The highest BCUT2D eigenvalue weighted by Crippen LogP contribution is 2.21. The third kappa shape index (κ3) is 3.92. The average Bonchev–Trinajstić information content (AvgIpc) is 2.42. The Kier molecular flexibility index (Phi) is 5.94. The van der Waals surface area contributed by atoms with E-state index in [0.29, 0.717) is 11.3 Å². The molecule has 0 aliphatic carbocycles. The van der Waals surface area contributed by atoms with Gasteiger partial charge in [0, 0.05) is 19.9 Å². The number of sulfonamides is 1. The summed E-state index contributed by atoms with van der Waals surface area (Å²) < 4.78 is 36.5. The van der Waals surface area contributed by atoms with Crippen LogP contribution < -0.4 is 10.0 Å². The van der Waals surface area contributed by atoms with E-state index in [9.17, 15) is 8.42 Å². The van der Waals surface area contributed by atoms with E-state index < -0.39 is 16.3 Å². The van der Waals surface area contributed by atoms with E-state index >= 15 is 0 Å².